The van der Waals surface area contributed by atoms with E-state index < -0.39 is 0 Å². The van der Waals surface area contributed by atoms with Crippen LogP contribution in [0.2, 0.25) is 0 Å². The van der Waals surface area contributed by atoms with Crippen LogP contribution in [-0.4, -0.2) is 30.3 Å². The zero-order valence-corrected chi connectivity index (χ0v) is 12.3. The Bertz CT molecular complexity index is 471. The Balaban J connectivity index is 1.75. The van der Waals surface area contributed by atoms with Gasteiger partial charge in [0.25, 0.3) is 0 Å². The molecule has 4 N–H and O–H groups in total. The Kier molecular flexibility index (Phi) is 4.24. The van der Waals surface area contributed by atoms with Gasteiger partial charge in [0.1, 0.15) is 0 Å². The van der Waals surface area contributed by atoms with E-state index in [0.29, 0.717) is 0 Å². The maximum absolute atomic E-state index is 12.1. The molecule has 6 atom stereocenters. The normalized spacial score (nSPS) is 42.2. The molecular weight excluding hydrogens is 266 g/mol. The van der Waals surface area contributed by atoms with Crippen LogP contribution in [0.5, 0.6) is 0 Å². The van der Waals surface area contributed by atoms with Crippen molar-refractivity contribution in [3.8, 4) is 6.07 Å². The van der Waals surface area contributed by atoms with Gasteiger partial charge < -0.3 is 5.32 Å². The lowest BCUT2D eigenvalue weighted by atomic mass is 9.89. The van der Waals surface area contributed by atoms with Gasteiger partial charge in [0.2, 0.25) is 5.91 Å². The molecule has 0 aromatic carbocycles. The molecule has 1 amide bonds. The molecule has 2 aliphatic heterocycles. The van der Waals surface area contributed by atoms with Crippen molar-refractivity contribution in [1.29, 1.82) is 5.26 Å². The van der Waals surface area contributed by atoms with Gasteiger partial charge in [-0.1, -0.05) is 19.4 Å². The van der Waals surface area contributed by atoms with E-state index in [1.807, 2.05) is 6.08 Å². The molecule has 1 aliphatic carbocycles. The Labute approximate surface area is 125 Å². The Morgan fingerprint density at radius 1 is 1.43 bits per heavy atom. The van der Waals surface area contributed by atoms with Gasteiger partial charge in [0.05, 0.1) is 30.4 Å². The van der Waals surface area contributed by atoms with E-state index in [2.05, 4.69) is 34.3 Å². The lowest BCUT2D eigenvalue weighted by Crippen LogP contribution is -2.71. The van der Waals surface area contributed by atoms with Gasteiger partial charge in [-0.2, -0.15) is 5.26 Å². The lowest BCUT2D eigenvalue weighted by molar-refractivity contribution is -0.125. The second kappa shape index (κ2) is 6.14. The molecule has 0 bridgehead atoms. The number of nitriles is 1. The predicted molar refractivity (Wildman–Crippen MR) is 78.6 cm³/mol. The molecule has 0 spiro atoms. The van der Waals surface area contributed by atoms with Gasteiger partial charge in [-0.3, -0.25) is 20.7 Å². The summed E-state index contributed by atoms with van der Waals surface area (Å²) in [5.74, 6) is 0.181. The van der Waals surface area contributed by atoms with Crippen molar-refractivity contribution in [1.82, 2.24) is 21.3 Å². The molecule has 0 radical (unpaired) electrons. The number of hydrogen-bond acceptors (Lipinski definition) is 5. The summed E-state index contributed by atoms with van der Waals surface area (Å²) in [6.45, 7) is 2.09. The van der Waals surface area contributed by atoms with Crippen LogP contribution in [0.1, 0.15) is 32.6 Å². The molecular formula is C15H23N5O. The van der Waals surface area contributed by atoms with Crippen molar-refractivity contribution in [2.24, 2.45) is 11.8 Å². The first kappa shape index (κ1) is 14.5. The Morgan fingerprint density at radius 3 is 3.05 bits per heavy atom. The number of nitrogens with zero attached hydrogens (tertiary/aromatic N) is 1. The van der Waals surface area contributed by atoms with E-state index in [1.54, 1.807) is 6.20 Å². The van der Waals surface area contributed by atoms with Crippen molar-refractivity contribution in [2.45, 2.75) is 57.0 Å². The molecule has 4 unspecified atom stereocenters. The van der Waals surface area contributed by atoms with Gasteiger partial charge in [-0.05, 0) is 19.3 Å². The first-order chi connectivity index (χ1) is 10.2. The highest BCUT2D eigenvalue weighted by Gasteiger charge is 2.42. The molecule has 2 fully saturated rings. The predicted octanol–water partition coefficient (Wildman–Crippen LogP) is 0.152. The highest BCUT2D eigenvalue weighted by molar-refractivity contribution is 5.84. The van der Waals surface area contributed by atoms with Crippen LogP contribution in [0.25, 0.3) is 0 Å². The third kappa shape index (κ3) is 2.82. The van der Waals surface area contributed by atoms with Gasteiger partial charge >= 0.3 is 0 Å². The van der Waals surface area contributed by atoms with Gasteiger partial charge in [-0.15, -0.1) is 0 Å². The number of rotatable bonds is 3. The zero-order valence-electron chi connectivity index (χ0n) is 12.3. The fourth-order valence-electron chi connectivity index (χ4n) is 3.64. The molecule has 3 aliphatic rings. The first-order valence-electron chi connectivity index (χ1n) is 7.87. The fourth-order valence-corrected chi connectivity index (χ4v) is 3.64. The molecule has 114 valence electrons. The molecule has 6 nitrogen and oxygen atoms in total. The number of fused-ring (bicyclic) bond motifs is 1. The van der Waals surface area contributed by atoms with E-state index in [4.69, 9.17) is 0 Å². The number of carbonyl (C=O) groups excluding carboxylic acids is 1. The quantitative estimate of drug-likeness (QED) is 0.594. The second-order valence-corrected chi connectivity index (χ2v) is 6.13. The van der Waals surface area contributed by atoms with E-state index >= 15 is 0 Å². The van der Waals surface area contributed by atoms with Crippen LogP contribution in [0.4, 0.5) is 0 Å². The molecule has 0 aromatic heterocycles. The average Bonchev–Trinajstić information content (AvgIpc) is 2.95. The molecule has 6 heteroatoms. The van der Waals surface area contributed by atoms with E-state index in [1.165, 1.54) is 0 Å². The Hall–Kier alpha value is -1.42. The number of amides is 1. The minimum atomic E-state index is -0.208. The lowest BCUT2D eigenvalue weighted by Gasteiger charge is -2.44. The molecule has 1 saturated carbocycles. The standard InChI is InChI=1S/C15H23N5O/c1-2-12-19-13-10(6-7-17-15(13)21)14(20-12)18-11-5-3-4-9(11)8-16/h6-7,9-14,18-20H,2-5H2,1H3,(H,17,21)/t9-,10?,11-,12?,13?,14?/m0/s1. The molecule has 0 aromatic rings. The largest absolute Gasteiger partial charge is 0.332 e. The summed E-state index contributed by atoms with van der Waals surface area (Å²) in [6, 6.07) is 2.42. The topological polar surface area (TPSA) is 89.0 Å². The number of nitrogens with one attached hydrogen (secondary N) is 4. The highest BCUT2D eigenvalue weighted by Crippen LogP contribution is 2.27. The van der Waals surface area contributed by atoms with E-state index in [9.17, 15) is 10.1 Å². The zero-order chi connectivity index (χ0) is 14.8. The average molecular weight is 289 g/mol. The van der Waals surface area contributed by atoms with Gasteiger partial charge in [-0.25, -0.2) is 0 Å². The van der Waals surface area contributed by atoms with Crippen LogP contribution >= 0.6 is 0 Å². The van der Waals surface area contributed by atoms with Crippen LogP contribution in [0, 0.1) is 23.2 Å². The molecule has 21 heavy (non-hydrogen) atoms. The first-order valence-corrected chi connectivity index (χ1v) is 7.87. The smallest absolute Gasteiger partial charge is 0.241 e. The summed E-state index contributed by atoms with van der Waals surface area (Å²) in [4.78, 5) is 12.1. The maximum atomic E-state index is 12.1. The minimum absolute atomic E-state index is 0.0255. The molecule has 2 heterocycles. The van der Waals surface area contributed by atoms with E-state index in [-0.39, 0.29) is 42.2 Å². The summed E-state index contributed by atoms with van der Waals surface area (Å²) in [5.41, 5.74) is 0. The van der Waals surface area contributed by atoms with Gasteiger partial charge in [0.15, 0.2) is 0 Å². The highest BCUT2D eigenvalue weighted by atomic mass is 16.2. The van der Waals surface area contributed by atoms with Crippen LogP contribution in [-0.2, 0) is 4.79 Å². The summed E-state index contributed by atoms with van der Waals surface area (Å²) >= 11 is 0. The van der Waals surface area contributed by atoms with Crippen LogP contribution in [0.3, 0.4) is 0 Å². The molecule has 3 rings (SSSR count). The van der Waals surface area contributed by atoms with Crippen molar-refractivity contribution in [3.05, 3.63) is 12.3 Å². The van der Waals surface area contributed by atoms with Crippen molar-refractivity contribution in [2.75, 3.05) is 0 Å². The second-order valence-electron chi connectivity index (χ2n) is 6.13. The summed E-state index contributed by atoms with van der Waals surface area (Å²) in [6.07, 6.45) is 7.92. The SMILES string of the molecule is CCC1NC(N[C@H]2CCC[C@H]2C#N)C2C=CNC(=O)C2N1. The third-order valence-corrected chi connectivity index (χ3v) is 4.84. The third-order valence-electron chi connectivity index (χ3n) is 4.84. The minimum Gasteiger partial charge on any atom is -0.332 e. The fraction of sp³-hybridized carbons (Fsp3) is 0.733. The van der Waals surface area contributed by atoms with Crippen molar-refractivity contribution in [3.63, 3.8) is 0 Å². The molecule has 1 saturated heterocycles. The summed E-state index contributed by atoms with van der Waals surface area (Å²) < 4.78 is 0. The summed E-state index contributed by atoms with van der Waals surface area (Å²) in [7, 11) is 0. The van der Waals surface area contributed by atoms with Crippen molar-refractivity contribution >= 4 is 5.91 Å². The monoisotopic (exact) mass is 289 g/mol. The van der Waals surface area contributed by atoms with Crippen molar-refractivity contribution < 1.29 is 4.79 Å². The number of hydrogen-bond donors (Lipinski definition) is 4. The van der Waals surface area contributed by atoms with Gasteiger partial charge in [0, 0.05) is 18.2 Å². The van der Waals surface area contributed by atoms with Crippen LogP contribution in [0.15, 0.2) is 12.3 Å². The van der Waals surface area contributed by atoms with E-state index in [0.717, 1.165) is 25.7 Å². The number of carbonyl (C=O) groups is 1. The Morgan fingerprint density at radius 2 is 2.29 bits per heavy atom. The maximum Gasteiger partial charge on any atom is 0.241 e. The summed E-state index contributed by atoms with van der Waals surface area (Å²) in [5, 5.41) is 22.5. The van der Waals surface area contributed by atoms with Crippen LogP contribution < -0.4 is 21.3 Å².